The van der Waals surface area contributed by atoms with Gasteiger partial charge in [-0.3, -0.25) is 9.59 Å². The predicted octanol–water partition coefficient (Wildman–Crippen LogP) is 14.3. The van der Waals surface area contributed by atoms with E-state index in [0.29, 0.717) is 31.3 Å². The molecule has 0 spiro atoms. The molecular formula is C54H85NO5. The highest BCUT2D eigenvalue weighted by atomic mass is 16.5. The molecule has 2 aliphatic carbocycles. The molecule has 6 heteroatoms. The maximum Gasteiger partial charge on any atom is 0.306 e. The van der Waals surface area contributed by atoms with Gasteiger partial charge in [0.15, 0.2) is 0 Å². The number of allylic oxidation sites excluding steroid dienone is 8. The lowest BCUT2D eigenvalue weighted by Gasteiger charge is -2.18. The van der Waals surface area contributed by atoms with Gasteiger partial charge in [0.1, 0.15) is 19.0 Å². The summed E-state index contributed by atoms with van der Waals surface area (Å²) in [5.74, 6) is -0.119. The van der Waals surface area contributed by atoms with Gasteiger partial charge in [0, 0.05) is 30.1 Å². The Morgan fingerprint density at radius 1 is 0.567 bits per heavy atom. The largest absolute Gasteiger partial charge is 0.462 e. The smallest absolute Gasteiger partial charge is 0.306 e. The number of carbonyl (C=O) groups is 3. The van der Waals surface area contributed by atoms with Gasteiger partial charge in [-0.15, -0.1) is 0 Å². The second-order valence-corrected chi connectivity index (χ2v) is 18.3. The molecule has 2 aliphatic rings. The summed E-state index contributed by atoms with van der Waals surface area (Å²) < 4.78 is 11.4. The van der Waals surface area contributed by atoms with Crippen LogP contribution in [-0.2, 0) is 30.5 Å². The quantitative estimate of drug-likeness (QED) is 0.0285. The van der Waals surface area contributed by atoms with Crippen molar-refractivity contribution < 1.29 is 23.9 Å². The monoisotopic (exact) mass is 828 g/mol. The van der Waals surface area contributed by atoms with Crippen LogP contribution in [0.5, 0.6) is 0 Å². The second kappa shape index (κ2) is 32.5. The Hall–Kier alpha value is -3.25. The van der Waals surface area contributed by atoms with E-state index in [1.807, 2.05) is 30.3 Å². The highest BCUT2D eigenvalue weighted by Crippen LogP contribution is 2.49. The number of nitrogens with zero attached hydrogens (tertiary/aromatic N) is 1. The summed E-state index contributed by atoms with van der Waals surface area (Å²) in [6.07, 6.45) is 53.3. The molecule has 2 saturated carbocycles. The summed E-state index contributed by atoms with van der Waals surface area (Å²) in [7, 11) is 4.11. The third-order valence-electron chi connectivity index (χ3n) is 12.2. The Morgan fingerprint density at radius 2 is 1.00 bits per heavy atom. The zero-order chi connectivity index (χ0) is 42.8. The van der Waals surface area contributed by atoms with Crippen molar-refractivity contribution >= 4 is 18.2 Å². The van der Waals surface area contributed by atoms with Gasteiger partial charge in [-0.2, -0.15) is 0 Å². The summed E-state index contributed by atoms with van der Waals surface area (Å²) in [4.78, 5) is 37.3. The molecule has 0 saturated heterocycles. The van der Waals surface area contributed by atoms with Crippen molar-refractivity contribution in [2.75, 3.05) is 20.6 Å². The number of aldehydes is 1. The first-order valence-electron chi connectivity index (χ1n) is 24.5. The fourth-order valence-electron chi connectivity index (χ4n) is 7.90. The van der Waals surface area contributed by atoms with Crippen molar-refractivity contribution in [2.24, 2.45) is 10.8 Å². The number of hydrogen-bond acceptors (Lipinski definition) is 6. The first kappa shape index (κ1) is 51.1. The molecule has 0 radical (unpaired) electrons. The van der Waals surface area contributed by atoms with Crippen LogP contribution in [0.1, 0.15) is 198 Å². The molecule has 1 unspecified atom stereocenters. The summed E-state index contributed by atoms with van der Waals surface area (Å²) in [5.41, 5.74) is 1.66. The normalized spacial score (nSPS) is 16.1. The molecule has 1 atom stereocenters. The lowest BCUT2D eigenvalue weighted by atomic mass is 10.0. The van der Waals surface area contributed by atoms with Crippen LogP contribution < -0.4 is 0 Å². The maximum absolute atomic E-state index is 12.7. The Kier molecular flexibility index (Phi) is 27.6. The Morgan fingerprint density at radius 3 is 1.48 bits per heavy atom. The molecule has 1 aromatic carbocycles. The molecule has 6 nitrogen and oxygen atoms in total. The van der Waals surface area contributed by atoms with Gasteiger partial charge in [0.25, 0.3) is 0 Å². The van der Waals surface area contributed by atoms with Crippen molar-refractivity contribution in [3.8, 4) is 0 Å². The molecule has 0 bridgehead atoms. The zero-order valence-electron chi connectivity index (χ0n) is 38.3. The molecule has 0 N–H and O–H groups in total. The number of rotatable bonds is 39. The number of unbranched alkanes of at least 4 members (excludes halogenated alkanes) is 17. The standard InChI is InChI=1S/C54H85NO5/c1-55(2)46-31-37-52(58)60-50(34-23-12-7-3-5-9-15-26-38-53(42-43-53)40-28-17-11-19-30-47-56)35-24-13-8-4-6-10-16-27-39-54(44-45-54)41-29-18-14-25-36-51(57)59-48-49-32-21-20-22-33-49/h20-22,26-29,32-33,38-41,47,50H,3-19,23-25,30-31,34-37,42-46,48H2,1-2H3/b38-26-,39-27-,40-28-,41-29-. The van der Waals surface area contributed by atoms with Gasteiger partial charge in [-0.25, -0.2) is 0 Å². The third-order valence-corrected chi connectivity index (χ3v) is 12.2. The van der Waals surface area contributed by atoms with Gasteiger partial charge in [0.05, 0.1) is 0 Å². The van der Waals surface area contributed by atoms with Crippen molar-refractivity contribution in [1.82, 2.24) is 4.90 Å². The minimum Gasteiger partial charge on any atom is -0.462 e. The minimum atomic E-state index is -0.104. The number of hydrogen-bond donors (Lipinski definition) is 0. The third kappa shape index (κ3) is 26.9. The van der Waals surface area contributed by atoms with Crippen LogP contribution in [0.3, 0.4) is 0 Å². The van der Waals surface area contributed by atoms with E-state index in [1.165, 1.54) is 96.3 Å². The van der Waals surface area contributed by atoms with Crippen LogP contribution in [0.25, 0.3) is 0 Å². The van der Waals surface area contributed by atoms with Crippen molar-refractivity contribution in [3.05, 3.63) is 84.5 Å². The Balaban J connectivity index is 1.18. The van der Waals surface area contributed by atoms with E-state index in [0.717, 1.165) is 95.4 Å². The molecule has 60 heavy (non-hydrogen) atoms. The van der Waals surface area contributed by atoms with E-state index in [4.69, 9.17) is 9.47 Å². The van der Waals surface area contributed by atoms with Crippen LogP contribution in [-0.4, -0.2) is 49.9 Å². The summed E-state index contributed by atoms with van der Waals surface area (Å²) in [5, 5.41) is 0. The van der Waals surface area contributed by atoms with E-state index in [9.17, 15) is 14.4 Å². The molecule has 0 heterocycles. The second-order valence-electron chi connectivity index (χ2n) is 18.3. The van der Waals surface area contributed by atoms with Crippen LogP contribution in [0.4, 0.5) is 0 Å². The Bertz CT molecular complexity index is 1390. The van der Waals surface area contributed by atoms with Crippen LogP contribution in [0.2, 0.25) is 0 Å². The molecule has 0 amide bonds. The van der Waals surface area contributed by atoms with E-state index in [2.05, 4.69) is 67.6 Å². The first-order chi connectivity index (χ1) is 29.3. The highest BCUT2D eigenvalue weighted by molar-refractivity contribution is 5.69. The number of benzene rings is 1. The van der Waals surface area contributed by atoms with E-state index in [-0.39, 0.29) is 23.5 Å². The lowest BCUT2D eigenvalue weighted by Crippen LogP contribution is -2.20. The van der Waals surface area contributed by atoms with Gasteiger partial charge >= 0.3 is 11.9 Å². The van der Waals surface area contributed by atoms with Gasteiger partial charge in [-0.05, 0) is 148 Å². The van der Waals surface area contributed by atoms with Gasteiger partial charge in [0.2, 0.25) is 0 Å². The zero-order valence-corrected chi connectivity index (χ0v) is 38.3. The summed E-state index contributed by atoms with van der Waals surface area (Å²) in [6.45, 7) is 1.28. The van der Waals surface area contributed by atoms with Crippen LogP contribution in [0.15, 0.2) is 78.9 Å². The van der Waals surface area contributed by atoms with Crippen LogP contribution >= 0.6 is 0 Å². The SMILES string of the molecule is CN(C)CCCC(=O)OC(CCCCCCCC/C=C\C1(/C=C\CCCCC=O)CC1)CCCCCCCC/C=C\C1(/C=C\CCCCC(=O)OCc2ccccc2)CC1. The average molecular weight is 828 g/mol. The van der Waals surface area contributed by atoms with E-state index >= 15 is 0 Å². The number of esters is 2. The topological polar surface area (TPSA) is 72.9 Å². The lowest BCUT2D eigenvalue weighted by molar-refractivity contribution is -0.150. The maximum atomic E-state index is 12.7. The average Bonchev–Trinajstić information content (AvgIpc) is 4.19. The first-order valence-corrected chi connectivity index (χ1v) is 24.5. The summed E-state index contributed by atoms with van der Waals surface area (Å²) in [6, 6.07) is 9.86. The van der Waals surface area contributed by atoms with Crippen molar-refractivity contribution in [3.63, 3.8) is 0 Å². The van der Waals surface area contributed by atoms with Crippen molar-refractivity contribution in [1.29, 1.82) is 0 Å². The molecule has 3 rings (SSSR count). The highest BCUT2D eigenvalue weighted by Gasteiger charge is 2.37. The molecule has 1 aromatic rings. The molecule has 0 aliphatic heterocycles. The Labute approximate surface area is 367 Å². The minimum absolute atomic E-state index is 0.0153. The molecule has 0 aromatic heterocycles. The van der Waals surface area contributed by atoms with Crippen molar-refractivity contribution in [2.45, 2.75) is 205 Å². The number of ether oxygens (including phenoxy) is 2. The summed E-state index contributed by atoms with van der Waals surface area (Å²) >= 11 is 0. The van der Waals surface area contributed by atoms with Crippen LogP contribution in [0, 0.1) is 10.8 Å². The van der Waals surface area contributed by atoms with E-state index in [1.54, 1.807) is 0 Å². The van der Waals surface area contributed by atoms with Gasteiger partial charge < -0.3 is 19.2 Å². The molecular weight excluding hydrogens is 743 g/mol. The predicted molar refractivity (Wildman–Crippen MR) is 251 cm³/mol. The van der Waals surface area contributed by atoms with Gasteiger partial charge in [-0.1, -0.05) is 130 Å². The fraction of sp³-hybridized carbons (Fsp3) is 0.685. The fourth-order valence-corrected chi connectivity index (χ4v) is 7.90. The number of carbonyl (C=O) groups excluding carboxylic acids is 3. The van der Waals surface area contributed by atoms with E-state index < -0.39 is 0 Å². The molecule has 336 valence electrons. The molecule has 2 fully saturated rings.